The zero-order chi connectivity index (χ0) is 25.1. The maximum absolute atomic E-state index is 13.7. The summed E-state index contributed by atoms with van der Waals surface area (Å²) in [4.78, 5) is 14.4. The highest BCUT2D eigenvalue weighted by Gasteiger charge is 2.44. The molecule has 184 valence electrons. The molecule has 1 aliphatic heterocycles. The molecule has 0 radical (unpaired) electrons. The van der Waals surface area contributed by atoms with Crippen LogP contribution in [0.25, 0.3) is 5.69 Å². The molecule has 0 saturated heterocycles. The third-order valence-corrected chi connectivity index (χ3v) is 6.24. The molecule has 1 unspecified atom stereocenters. The van der Waals surface area contributed by atoms with E-state index in [1.54, 1.807) is 12.1 Å². The lowest BCUT2D eigenvalue weighted by Gasteiger charge is -2.22. The number of benzene rings is 2. The van der Waals surface area contributed by atoms with Gasteiger partial charge in [0.1, 0.15) is 0 Å². The third-order valence-electron chi connectivity index (χ3n) is 6.24. The number of carbonyl (C=O) groups excluding carboxylic acids is 1. The van der Waals surface area contributed by atoms with Gasteiger partial charge in [-0.3, -0.25) is 4.79 Å². The molecule has 6 nitrogen and oxygen atoms in total. The molecule has 1 amide bonds. The van der Waals surface area contributed by atoms with E-state index in [0.29, 0.717) is 24.2 Å². The summed E-state index contributed by atoms with van der Waals surface area (Å²) in [5.74, 6) is -0.990. The molecule has 2 aliphatic rings. The number of hydrogen-bond donors (Lipinski definition) is 0. The Morgan fingerprint density at radius 2 is 1.89 bits per heavy atom. The molecule has 0 fully saturated rings. The van der Waals surface area contributed by atoms with Gasteiger partial charge < -0.3 is 14.4 Å². The van der Waals surface area contributed by atoms with E-state index in [9.17, 15) is 26.7 Å². The first-order valence-corrected chi connectivity index (χ1v) is 10.9. The van der Waals surface area contributed by atoms with Crippen molar-refractivity contribution in [2.24, 2.45) is 0 Å². The number of aromatic nitrogens is 2. The van der Waals surface area contributed by atoms with Crippen LogP contribution in [0.1, 0.15) is 53.0 Å². The topological polar surface area (TPSA) is 56.6 Å². The summed E-state index contributed by atoms with van der Waals surface area (Å²) in [7, 11) is 1.45. The monoisotopic (exact) mass is 493 g/mol. The predicted octanol–water partition coefficient (Wildman–Crippen LogP) is 5.93. The molecular formula is C24H20F5N3O3. The number of fused-ring (bicyclic) bond motifs is 2. The van der Waals surface area contributed by atoms with Gasteiger partial charge in [0.05, 0.1) is 11.4 Å². The van der Waals surface area contributed by atoms with Gasteiger partial charge in [-0.1, -0.05) is 13.0 Å². The Kier molecular flexibility index (Phi) is 5.26. The van der Waals surface area contributed by atoms with Crippen LogP contribution >= 0.6 is 0 Å². The summed E-state index contributed by atoms with van der Waals surface area (Å²) < 4.78 is 77.7. The van der Waals surface area contributed by atoms with Gasteiger partial charge in [0.2, 0.25) is 0 Å². The molecule has 2 heterocycles. The number of halogens is 5. The molecule has 35 heavy (non-hydrogen) atoms. The van der Waals surface area contributed by atoms with Gasteiger partial charge >= 0.3 is 12.5 Å². The SMILES string of the molecule is CC1CCCc2c(C(F)(F)F)nn(-c3cccc(C(=O)N(C)c4ccc5c(c4)OC(F)(F)O5)c3)c21. The Morgan fingerprint density at radius 3 is 2.63 bits per heavy atom. The van der Waals surface area contributed by atoms with Crippen molar-refractivity contribution in [1.29, 1.82) is 0 Å². The summed E-state index contributed by atoms with van der Waals surface area (Å²) >= 11 is 0. The molecule has 2 aromatic carbocycles. The normalized spacial score (nSPS) is 18.3. The van der Waals surface area contributed by atoms with Crippen molar-refractivity contribution < 1.29 is 36.2 Å². The van der Waals surface area contributed by atoms with Crippen LogP contribution in [0.15, 0.2) is 42.5 Å². The second kappa shape index (κ2) is 7.96. The quantitative estimate of drug-likeness (QED) is 0.425. The van der Waals surface area contributed by atoms with Crippen LogP contribution < -0.4 is 14.4 Å². The van der Waals surface area contributed by atoms with E-state index >= 15 is 0 Å². The van der Waals surface area contributed by atoms with E-state index in [0.717, 1.165) is 6.42 Å². The number of nitrogens with zero attached hydrogens (tertiary/aromatic N) is 3. The van der Waals surface area contributed by atoms with Crippen molar-refractivity contribution in [1.82, 2.24) is 9.78 Å². The lowest BCUT2D eigenvalue weighted by atomic mass is 9.87. The Balaban J connectivity index is 1.49. The first kappa shape index (κ1) is 23.1. The van der Waals surface area contributed by atoms with Crippen molar-refractivity contribution in [3.8, 4) is 17.2 Å². The minimum absolute atomic E-state index is 0.129. The summed E-state index contributed by atoms with van der Waals surface area (Å²) in [5.41, 5.74) is 0.583. The summed E-state index contributed by atoms with van der Waals surface area (Å²) in [5, 5.41) is 3.91. The molecule has 1 aromatic heterocycles. The van der Waals surface area contributed by atoms with Gasteiger partial charge in [-0.25, -0.2) is 4.68 Å². The fourth-order valence-electron chi connectivity index (χ4n) is 4.59. The molecule has 3 aromatic rings. The van der Waals surface area contributed by atoms with Crippen LogP contribution in [-0.2, 0) is 12.6 Å². The van der Waals surface area contributed by atoms with Crippen molar-refractivity contribution in [2.45, 2.75) is 44.6 Å². The number of anilines is 1. The third kappa shape index (κ3) is 4.08. The molecule has 0 spiro atoms. The lowest BCUT2D eigenvalue weighted by molar-refractivity contribution is -0.286. The van der Waals surface area contributed by atoms with Crippen LogP contribution in [0.3, 0.4) is 0 Å². The van der Waals surface area contributed by atoms with Crippen LogP contribution in [0, 0.1) is 0 Å². The predicted molar refractivity (Wildman–Crippen MR) is 115 cm³/mol. The second-order valence-corrected chi connectivity index (χ2v) is 8.63. The standard InChI is InChI=1S/C24H20F5N3O3/c1-13-5-3-8-17-20(13)32(30-21(17)23(25,26)27)16-7-4-6-14(11-16)22(33)31(2)15-9-10-18-19(12-15)35-24(28,29)34-18/h4,6-7,9-13H,3,5,8H2,1-2H3. The van der Waals surface area contributed by atoms with E-state index in [1.807, 2.05) is 6.92 Å². The van der Waals surface area contributed by atoms with E-state index in [1.165, 1.54) is 47.0 Å². The van der Waals surface area contributed by atoms with Crippen molar-refractivity contribution in [2.75, 3.05) is 11.9 Å². The van der Waals surface area contributed by atoms with Gasteiger partial charge in [-0.15, -0.1) is 8.78 Å². The average Bonchev–Trinajstić information content (AvgIpc) is 3.35. The molecule has 0 saturated carbocycles. The fourth-order valence-corrected chi connectivity index (χ4v) is 4.59. The lowest BCUT2D eigenvalue weighted by Crippen LogP contribution is -2.26. The maximum atomic E-state index is 13.7. The zero-order valence-electron chi connectivity index (χ0n) is 18.7. The van der Waals surface area contributed by atoms with Gasteiger partial charge in [-0.2, -0.15) is 18.3 Å². The van der Waals surface area contributed by atoms with Crippen LogP contribution in [0.2, 0.25) is 0 Å². The molecule has 11 heteroatoms. The first-order chi connectivity index (χ1) is 16.4. The summed E-state index contributed by atoms with van der Waals surface area (Å²) in [6, 6.07) is 10.1. The Bertz CT molecular complexity index is 1320. The highest BCUT2D eigenvalue weighted by Crippen LogP contribution is 2.43. The molecule has 0 bridgehead atoms. The molecular weight excluding hydrogens is 473 g/mol. The number of ether oxygens (including phenoxy) is 2. The highest BCUT2D eigenvalue weighted by molar-refractivity contribution is 6.06. The largest absolute Gasteiger partial charge is 0.586 e. The van der Waals surface area contributed by atoms with Gasteiger partial charge in [0.15, 0.2) is 17.2 Å². The number of carbonyl (C=O) groups is 1. The van der Waals surface area contributed by atoms with Crippen molar-refractivity contribution in [3.63, 3.8) is 0 Å². The first-order valence-electron chi connectivity index (χ1n) is 10.9. The van der Waals surface area contributed by atoms with E-state index in [2.05, 4.69) is 14.6 Å². The fraction of sp³-hybridized carbons (Fsp3) is 0.333. The molecule has 5 rings (SSSR count). The minimum atomic E-state index is -4.59. The molecule has 1 aliphatic carbocycles. The number of rotatable bonds is 3. The Hall–Kier alpha value is -3.63. The van der Waals surface area contributed by atoms with Crippen LogP contribution in [0.4, 0.5) is 27.6 Å². The number of hydrogen-bond acceptors (Lipinski definition) is 4. The second-order valence-electron chi connectivity index (χ2n) is 8.63. The number of amides is 1. The summed E-state index contributed by atoms with van der Waals surface area (Å²) in [6.45, 7) is 1.86. The van der Waals surface area contributed by atoms with Gasteiger partial charge in [0, 0.05) is 29.9 Å². The Labute approximate surface area is 196 Å². The maximum Gasteiger partial charge on any atom is 0.586 e. The highest BCUT2D eigenvalue weighted by atomic mass is 19.4. The Morgan fingerprint density at radius 1 is 1.14 bits per heavy atom. The van der Waals surface area contributed by atoms with E-state index in [4.69, 9.17) is 0 Å². The minimum Gasteiger partial charge on any atom is -0.395 e. The molecule has 0 N–H and O–H groups in total. The van der Waals surface area contributed by atoms with E-state index in [-0.39, 0.29) is 34.2 Å². The van der Waals surface area contributed by atoms with Gasteiger partial charge in [0.25, 0.3) is 5.91 Å². The van der Waals surface area contributed by atoms with E-state index < -0.39 is 24.1 Å². The van der Waals surface area contributed by atoms with Crippen molar-refractivity contribution >= 4 is 11.6 Å². The smallest absolute Gasteiger partial charge is 0.395 e. The van der Waals surface area contributed by atoms with Crippen molar-refractivity contribution in [3.05, 3.63) is 65.0 Å². The number of alkyl halides is 5. The average molecular weight is 493 g/mol. The zero-order valence-corrected chi connectivity index (χ0v) is 18.7. The molecule has 1 atom stereocenters. The van der Waals surface area contributed by atoms with Crippen LogP contribution in [-0.4, -0.2) is 29.0 Å². The van der Waals surface area contributed by atoms with Crippen LogP contribution in [0.5, 0.6) is 11.5 Å². The van der Waals surface area contributed by atoms with Gasteiger partial charge in [-0.05, 0) is 55.5 Å². The summed E-state index contributed by atoms with van der Waals surface area (Å²) in [6.07, 6.45) is -6.70.